The number of hydrogen-bond acceptors (Lipinski definition) is 4. The highest BCUT2D eigenvalue weighted by atomic mass is 79.9. The van der Waals surface area contributed by atoms with Gasteiger partial charge in [0.15, 0.2) is 0 Å². The summed E-state index contributed by atoms with van der Waals surface area (Å²) < 4.78 is 45.8. The maximum atomic E-state index is 13.2. The number of sulfonamides is 1. The van der Waals surface area contributed by atoms with Crippen LogP contribution in [0.2, 0.25) is 0 Å². The third-order valence-electron chi connectivity index (χ3n) is 2.65. The second-order valence-corrected chi connectivity index (χ2v) is 6.65. The van der Waals surface area contributed by atoms with Crippen LogP contribution in [0.1, 0.15) is 0 Å². The van der Waals surface area contributed by atoms with Gasteiger partial charge in [0.1, 0.15) is 16.5 Å². The number of halogens is 2. The van der Waals surface area contributed by atoms with Crippen LogP contribution in [0.25, 0.3) is 0 Å². The van der Waals surface area contributed by atoms with Crippen LogP contribution in [0.15, 0.2) is 45.8 Å². The molecule has 0 fully saturated rings. The van der Waals surface area contributed by atoms with Crippen LogP contribution in [-0.2, 0) is 10.0 Å². The number of nitrogen functional groups attached to an aromatic ring is 1. The molecule has 0 bridgehead atoms. The van der Waals surface area contributed by atoms with Gasteiger partial charge in [-0.1, -0.05) is 0 Å². The van der Waals surface area contributed by atoms with Gasteiger partial charge < -0.3 is 10.5 Å². The molecule has 0 saturated heterocycles. The average molecular weight is 375 g/mol. The Balaban J connectivity index is 2.48. The predicted octanol–water partition coefficient (Wildman–Crippen LogP) is 2.98. The summed E-state index contributed by atoms with van der Waals surface area (Å²) in [5, 5.41) is 0. The molecule has 0 aliphatic heterocycles. The average Bonchev–Trinajstić information content (AvgIpc) is 2.42. The first-order valence-corrected chi connectivity index (χ1v) is 8.02. The molecule has 0 amide bonds. The molecule has 0 aliphatic rings. The van der Waals surface area contributed by atoms with E-state index in [0.717, 1.165) is 6.07 Å². The molecule has 0 unspecified atom stereocenters. The van der Waals surface area contributed by atoms with Crippen molar-refractivity contribution in [3.05, 3.63) is 46.7 Å². The second-order valence-electron chi connectivity index (χ2n) is 4.14. The minimum Gasteiger partial charge on any atom is -0.495 e. The minimum absolute atomic E-state index is 0.0828. The van der Waals surface area contributed by atoms with Crippen LogP contribution in [0.4, 0.5) is 15.8 Å². The van der Waals surface area contributed by atoms with Crippen molar-refractivity contribution in [1.29, 1.82) is 0 Å². The number of benzene rings is 2. The van der Waals surface area contributed by atoms with Gasteiger partial charge in [0.05, 0.1) is 12.8 Å². The summed E-state index contributed by atoms with van der Waals surface area (Å²) in [6.07, 6.45) is 0. The maximum Gasteiger partial charge on any atom is 0.265 e. The van der Waals surface area contributed by atoms with E-state index in [1.807, 2.05) is 0 Å². The molecule has 3 N–H and O–H groups in total. The van der Waals surface area contributed by atoms with Gasteiger partial charge in [-0.3, -0.25) is 4.72 Å². The Hall–Kier alpha value is -1.80. The predicted molar refractivity (Wildman–Crippen MR) is 82.3 cm³/mol. The molecule has 0 aromatic heterocycles. The van der Waals surface area contributed by atoms with Crippen molar-refractivity contribution >= 4 is 37.3 Å². The molecule has 2 aromatic carbocycles. The Bertz CT molecular complexity index is 781. The smallest absolute Gasteiger partial charge is 0.265 e. The fraction of sp³-hybridized carbons (Fsp3) is 0.0769. The van der Waals surface area contributed by atoms with Crippen LogP contribution in [0.3, 0.4) is 0 Å². The summed E-state index contributed by atoms with van der Waals surface area (Å²) in [6, 6.07) is 7.93. The number of ether oxygens (including phenoxy) is 1. The van der Waals surface area contributed by atoms with Crippen molar-refractivity contribution in [2.75, 3.05) is 17.6 Å². The SMILES string of the molecule is COc1ccc(N)cc1S(=O)(=O)Nc1cc(F)ccc1Br. The Morgan fingerprint density at radius 2 is 1.95 bits per heavy atom. The van der Waals surface area contributed by atoms with E-state index >= 15 is 0 Å². The van der Waals surface area contributed by atoms with Crippen molar-refractivity contribution in [1.82, 2.24) is 0 Å². The molecule has 112 valence electrons. The lowest BCUT2D eigenvalue weighted by Gasteiger charge is -2.13. The fourth-order valence-electron chi connectivity index (χ4n) is 1.68. The molecule has 0 aliphatic carbocycles. The molecular weight excluding hydrogens is 363 g/mol. The lowest BCUT2D eigenvalue weighted by atomic mass is 10.3. The van der Waals surface area contributed by atoms with Crippen LogP contribution < -0.4 is 15.2 Å². The molecule has 5 nitrogen and oxygen atoms in total. The maximum absolute atomic E-state index is 13.2. The minimum atomic E-state index is -3.97. The van der Waals surface area contributed by atoms with E-state index < -0.39 is 15.8 Å². The number of hydrogen-bond donors (Lipinski definition) is 2. The first-order chi connectivity index (χ1) is 9.83. The van der Waals surface area contributed by atoms with Crippen molar-refractivity contribution in [3.8, 4) is 5.75 Å². The summed E-state index contributed by atoms with van der Waals surface area (Å²) in [4.78, 5) is -0.124. The zero-order valence-electron chi connectivity index (χ0n) is 10.9. The number of rotatable bonds is 4. The number of nitrogens with one attached hydrogen (secondary N) is 1. The van der Waals surface area contributed by atoms with Gasteiger partial charge in [0.2, 0.25) is 0 Å². The van der Waals surface area contributed by atoms with E-state index in [2.05, 4.69) is 20.7 Å². The topological polar surface area (TPSA) is 81.4 Å². The van der Waals surface area contributed by atoms with Gasteiger partial charge in [-0.25, -0.2) is 12.8 Å². The van der Waals surface area contributed by atoms with Crippen molar-refractivity contribution in [3.63, 3.8) is 0 Å². The zero-order valence-corrected chi connectivity index (χ0v) is 13.3. The number of anilines is 2. The highest BCUT2D eigenvalue weighted by Crippen LogP contribution is 2.30. The summed E-state index contributed by atoms with van der Waals surface area (Å²) >= 11 is 3.16. The van der Waals surface area contributed by atoms with Gasteiger partial charge in [-0.2, -0.15) is 0 Å². The van der Waals surface area contributed by atoms with Crippen molar-refractivity contribution < 1.29 is 17.5 Å². The second kappa shape index (κ2) is 5.90. The van der Waals surface area contributed by atoms with E-state index in [4.69, 9.17) is 10.5 Å². The fourth-order valence-corrected chi connectivity index (χ4v) is 3.43. The Morgan fingerprint density at radius 3 is 2.62 bits per heavy atom. The van der Waals surface area contributed by atoms with Gasteiger partial charge in [-0.05, 0) is 52.3 Å². The Kier molecular flexibility index (Phi) is 4.38. The van der Waals surface area contributed by atoms with Crippen molar-refractivity contribution in [2.24, 2.45) is 0 Å². The summed E-state index contributed by atoms with van der Waals surface area (Å²) in [7, 11) is -2.62. The van der Waals surface area contributed by atoms with Crippen molar-refractivity contribution in [2.45, 2.75) is 4.90 Å². The van der Waals surface area contributed by atoms with Crippen LogP contribution >= 0.6 is 15.9 Å². The molecule has 2 rings (SSSR count). The van der Waals surface area contributed by atoms with E-state index in [1.165, 1.54) is 37.4 Å². The molecule has 0 spiro atoms. The quantitative estimate of drug-likeness (QED) is 0.806. The highest BCUT2D eigenvalue weighted by molar-refractivity contribution is 9.10. The van der Waals surface area contributed by atoms with Crippen LogP contribution in [-0.4, -0.2) is 15.5 Å². The molecule has 0 saturated carbocycles. The third-order valence-corrected chi connectivity index (χ3v) is 4.73. The Morgan fingerprint density at radius 1 is 1.24 bits per heavy atom. The van der Waals surface area contributed by atoms with E-state index in [0.29, 0.717) is 4.47 Å². The first-order valence-electron chi connectivity index (χ1n) is 5.75. The molecule has 8 heteroatoms. The number of nitrogens with two attached hydrogens (primary N) is 1. The Labute approximate surface area is 130 Å². The van der Waals surface area contributed by atoms with Gasteiger partial charge in [0, 0.05) is 10.2 Å². The lowest BCUT2D eigenvalue weighted by molar-refractivity contribution is 0.403. The van der Waals surface area contributed by atoms with E-state index in [1.54, 1.807) is 0 Å². The molecule has 0 radical (unpaired) electrons. The normalized spacial score (nSPS) is 11.2. The molecule has 2 aromatic rings. The summed E-state index contributed by atoms with van der Waals surface area (Å²) in [6.45, 7) is 0. The monoisotopic (exact) mass is 374 g/mol. The number of methoxy groups -OCH3 is 1. The largest absolute Gasteiger partial charge is 0.495 e. The van der Waals surface area contributed by atoms with Crippen LogP contribution in [0, 0.1) is 5.82 Å². The van der Waals surface area contributed by atoms with E-state index in [-0.39, 0.29) is 22.0 Å². The first kappa shape index (κ1) is 15.6. The summed E-state index contributed by atoms with van der Waals surface area (Å²) in [5.74, 6) is -0.417. The van der Waals surface area contributed by atoms with Gasteiger partial charge in [-0.15, -0.1) is 0 Å². The lowest BCUT2D eigenvalue weighted by Crippen LogP contribution is -2.15. The standard InChI is InChI=1S/C13H12BrFN2O3S/c1-20-12-5-3-9(16)7-13(12)21(18,19)17-11-6-8(15)2-4-10(11)14/h2-7,17H,16H2,1H3. The van der Waals surface area contributed by atoms with Crippen LogP contribution in [0.5, 0.6) is 5.75 Å². The molecule has 0 heterocycles. The van der Waals surface area contributed by atoms with Gasteiger partial charge >= 0.3 is 0 Å². The molecule has 21 heavy (non-hydrogen) atoms. The molecule has 0 atom stereocenters. The molecular formula is C13H12BrFN2O3S. The highest BCUT2D eigenvalue weighted by Gasteiger charge is 2.21. The summed E-state index contributed by atoms with van der Waals surface area (Å²) in [5.41, 5.74) is 5.96. The zero-order chi connectivity index (χ0) is 15.6. The third kappa shape index (κ3) is 3.45. The van der Waals surface area contributed by atoms with Gasteiger partial charge in [0.25, 0.3) is 10.0 Å². The van der Waals surface area contributed by atoms with E-state index in [9.17, 15) is 12.8 Å².